The molecule has 0 aliphatic carbocycles. The molecule has 0 amide bonds. The molecule has 0 aliphatic heterocycles. The summed E-state index contributed by atoms with van der Waals surface area (Å²) in [6.45, 7) is 9.65. The first-order chi connectivity index (χ1) is 9.90. The summed E-state index contributed by atoms with van der Waals surface area (Å²) in [6, 6.07) is 6.54. The Morgan fingerprint density at radius 1 is 1.38 bits per heavy atom. The van der Waals surface area contributed by atoms with Crippen LogP contribution in [0.3, 0.4) is 0 Å². The van der Waals surface area contributed by atoms with Crippen LogP contribution < -0.4 is 0 Å². The first-order valence-corrected chi connectivity index (χ1v) is 8.20. The number of Topliss-reactive ketones (excluding diaryl/α,β-unsaturated/α-hetero) is 1. The third-order valence-corrected chi connectivity index (χ3v) is 4.95. The van der Waals surface area contributed by atoms with Gasteiger partial charge in [0.25, 0.3) is 0 Å². The van der Waals surface area contributed by atoms with Crippen molar-refractivity contribution in [2.24, 2.45) is 7.05 Å². The summed E-state index contributed by atoms with van der Waals surface area (Å²) in [7, 11) is 2.01. The number of rotatable bonds is 6. The van der Waals surface area contributed by atoms with Crippen molar-refractivity contribution in [2.45, 2.75) is 40.3 Å². The Morgan fingerprint density at radius 3 is 2.57 bits per heavy atom. The minimum absolute atomic E-state index is 0.210. The first-order valence-electron chi connectivity index (χ1n) is 7.32. The van der Waals surface area contributed by atoms with Gasteiger partial charge in [-0.2, -0.15) is 0 Å². The molecule has 0 aliphatic rings. The fourth-order valence-electron chi connectivity index (χ4n) is 2.43. The van der Waals surface area contributed by atoms with Gasteiger partial charge in [-0.15, -0.1) is 11.3 Å². The number of nitrogens with zero attached hydrogens (tertiary/aromatic N) is 2. The summed E-state index contributed by atoms with van der Waals surface area (Å²) < 4.78 is 2.08. The van der Waals surface area contributed by atoms with Gasteiger partial charge in [-0.1, -0.05) is 6.07 Å². The van der Waals surface area contributed by atoms with Crippen molar-refractivity contribution in [3.05, 3.63) is 45.4 Å². The predicted octanol–water partition coefficient (Wildman–Crippen LogP) is 3.80. The van der Waals surface area contributed by atoms with Crippen LogP contribution in [-0.4, -0.2) is 27.8 Å². The van der Waals surface area contributed by atoms with Gasteiger partial charge in [-0.05, 0) is 45.2 Å². The highest BCUT2D eigenvalue weighted by atomic mass is 32.1. The van der Waals surface area contributed by atoms with Gasteiger partial charge in [0.05, 0.1) is 6.54 Å². The van der Waals surface area contributed by atoms with Crippen LogP contribution in [0.2, 0.25) is 0 Å². The summed E-state index contributed by atoms with van der Waals surface area (Å²) in [5.41, 5.74) is 3.04. The SMILES string of the molecule is Cc1cc(C(=O)CN(Cc2cccs2)C(C)C)c(C)n1C. The van der Waals surface area contributed by atoms with Crippen molar-refractivity contribution in [3.8, 4) is 0 Å². The molecule has 0 aromatic carbocycles. The van der Waals surface area contributed by atoms with Crippen LogP contribution in [0.15, 0.2) is 23.6 Å². The predicted molar refractivity (Wildman–Crippen MR) is 89.1 cm³/mol. The summed E-state index contributed by atoms with van der Waals surface area (Å²) in [5.74, 6) is 0.210. The molecule has 0 atom stereocenters. The molecule has 2 aromatic rings. The lowest BCUT2D eigenvalue weighted by Crippen LogP contribution is -2.35. The van der Waals surface area contributed by atoms with Crippen LogP contribution in [0.25, 0.3) is 0 Å². The fourth-order valence-corrected chi connectivity index (χ4v) is 3.16. The average Bonchev–Trinajstić information content (AvgIpc) is 3.02. The van der Waals surface area contributed by atoms with E-state index >= 15 is 0 Å². The zero-order chi connectivity index (χ0) is 15.6. The van der Waals surface area contributed by atoms with E-state index in [0.29, 0.717) is 12.6 Å². The fraction of sp³-hybridized carbons (Fsp3) is 0.471. The molecule has 0 spiro atoms. The van der Waals surface area contributed by atoms with E-state index in [2.05, 4.69) is 40.8 Å². The van der Waals surface area contributed by atoms with E-state index < -0.39 is 0 Å². The molecule has 3 nitrogen and oxygen atoms in total. The zero-order valence-electron chi connectivity index (χ0n) is 13.5. The molecule has 0 saturated carbocycles. The van der Waals surface area contributed by atoms with Gasteiger partial charge in [-0.3, -0.25) is 9.69 Å². The van der Waals surface area contributed by atoms with Gasteiger partial charge in [-0.25, -0.2) is 0 Å². The first kappa shape index (κ1) is 16.0. The molecule has 2 aromatic heterocycles. The standard InChI is InChI=1S/C17H24N2OS/c1-12(2)19(10-15-7-6-8-21-15)11-17(20)16-9-13(3)18(5)14(16)4/h6-9,12H,10-11H2,1-5H3. The number of thiophene rings is 1. The number of aryl methyl sites for hydroxylation is 1. The van der Waals surface area contributed by atoms with E-state index in [0.717, 1.165) is 23.5 Å². The number of ketones is 1. The molecule has 2 heterocycles. The number of carbonyl (C=O) groups excluding carboxylic acids is 1. The Labute approximate surface area is 131 Å². The Kier molecular flexibility index (Phi) is 5.01. The van der Waals surface area contributed by atoms with Crippen LogP contribution >= 0.6 is 11.3 Å². The van der Waals surface area contributed by atoms with Crippen LogP contribution in [0.4, 0.5) is 0 Å². The van der Waals surface area contributed by atoms with Crippen molar-refractivity contribution < 1.29 is 4.79 Å². The topological polar surface area (TPSA) is 25.2 Å². The molecular weight excluding hydrogens is 280 g/mol. The highest BCUT2D eigenvalue weighted by Crippen LogP contribution is 2.17. The number of hydrogen-bond donors (Lipinski definition) is 0. The molecule has 0 radical (unpaired) electrons. The molecule has 0 bridgehead atoms. The lowest BCUT2D eigenvalue weighted by molar-refractivity contribution is 0.0898. The largest absolute Gasteiger partial charge is 0.351 e. The summed E-state index contributed by atoms with van der Waals surface area (Å²) in [4.78, 5) is 16.2. The van der Waals surface area contributed by atoms with E-state index in [4.69, 9.17) is 0 Å². The second-order valence-corrected chi connectivity index (χ2v) is 6.88. The highest BCUT2D eigenvalue weighted by molar-refractivity contribution is 7.09. The van der Waals surface area contributed by atoms with Crippen molar-refractivity contribution in [3.63, 3.8) is 0 Å². The maximum absolute atomic E-state index is 12.6. The highest BCUT2D eigenvalue weighted by Gasteiger charge is 2.19. The average molecular weight is 304 g/mol. The third kappa shape index (κ3) is 3.63. The number of hydrogen-bond acceptors (Lipinski definition) is 3. The number of aromatic nitrogens is 1. The maximum Gasteiger partial charge on any atom is 0.178 e. The van der Waals surface area contributed by atoms with E-state index in [1.165, 1.54) is 4.88 Å². The molecule has 2 rings (SSSR count). The van der Waals surface area contributed by atoms with E-state index in [1.54, 1.807) is 11.3 Å². The van der Waals surface area contributed by atoms with Gasteiger partial charge in [0.2, 0.25) is 0 Å². The normalized spacial score (nSPS) is 11.6. The van der Waals surface area contributed by atoms with Crippen molar-refractivity contribution >= 4 is 17.1 Å². The summed E-state index contributed by atoms with van der Waals surface area (Å²) >= 11 is 1.74. The monoisotopic (exact) mass is 304 g/mol. The Morgan fingerprint density at radius 2 is 2.10 bits per heavy atom. The molecule has 21 heavy (non-hydrogen) atoms. The molecular formula is C17H24N2OS. The van der Waals surface area contributed by atoms with Crippen molar-refractivity contribution in [1.82, 2.24) is 9.47 Å². The number of carbonyl (C=O) groups is 1. The smallest absolute Gasteiger partial charge is 0.178 e. The molecule has 0 unspecified atom stereocenters. The molecule has 4 heteroatoms. The van der Waals surface area contributed by atoms with Crippen LogP contribution in [0, 0.1) is 13.8 Å². The minimum Gasteiger partial charge on any atom is -0.351 e. The van der Waals surface area contributed by atoms with E-state index in [-0.39, 0.29) is 5.78 Å². The second kappa shape index (κ2) is 6.58. The quantitative estimate of drug-likeness (QED) is 0.759. The van der Waals surface area contributed by atoms with Gasteiger partial charge in [0.15, 0.2) is 5.78 Å². The molecule has 0 N–H and O–H groups in total. The second-order valence-electron chi connectivity index (χ2n) is 5.85. The van der Waals surface area contributed by atoms with Gasteiger partial charge < -0.3 is 4.57 Å². The lowest BCUT2D eigenvalue weighted by Gasteiger charge is -2.25. The Balaban J connectivity index is 2.13. The summed E-state index contributed by atoms with van der Waals surface area (Å²) in [6.07, 6.45) is 0. The van der Waals surface area contributed by atoms with Crippen molar-refractivity contribution in [2.75, 3.05) is 6.54 Å². The van der Waals surface area contributed by atoms with Crippen LogP contribution in [-0.2, 0) is 13.6 Å². The molecule has 0 fully saturated rings. The Hall–Kier alpha value is -1.39. The lowest BCUT2D eigenvalue weighted by atomic mass is 10.1. The summed E-state index contributed by atoms with van der Waals surface area (Å²) in [5, 5.41) is 2.08. The van der Waals surface area contributed by atoms with E-state index in [9.17, 15) is 4.79 Å². The van der Waals surface area contributed by atoms with Gasteiger partial charge in [0.1, 0.15) is 0 Å². The van der Waals surface area contributed by atoms with Crippen LogP contribution in [0.5, 0.6) is 0 Å². The van der Waals surface area contributed by atoms with Gasteiger partial charge >= 0.3 is 0 Å². The van der Waals surface area contributed by atoms with E-state index in [1.807, 2.05) is 27.0 Å². The minimum atomic E-state index is 0.210. The zero-order valence-corrected chi connectivity index (χ0v) is 14.3. The molecule has 0 saturated heterocycles. The van der Waals surface area contributed by atoms with Crippen molar-refractivity contribution in [1.29, 1.82) is 0 Å². The molecule has 114 valence electrons. The van der Waals surface area contributed by atoms with Crippen LogP contribution in [0.1, 0.15) is 40.5 Å². The Bertz CT molecular complexity index is 611. The maximum atomic E-state index is 12.6. The third-order valence-electron chi connectivity index (χ3n) is 4.09. The van der Waals surface area contributed by atoms with Gasteiger partial charge in [0, 0.05) is 41.5 Å².